The van der Waals surface area contributed by atoms with Crippen LogP contribution in [0.1, 0.15) is 19.6 Å². The van der Waals surface area contributed by atoms with E-state index in [4.69, 9.17) is 16.0 Å². The van der Waals surface area contributed by atoms with E-state index in [0.717, 1.165) is 18.8 Å². The highest BCUT2D eigenvalue weighted by molar-refractivity contribution is 6.28. The first-order valence-corrected chi connectivity index (χ1v) is 4.51. The maximum Gasteiger partial charge on any atom is 0.193 e. The van der Waals surface area contributed by atoms with E-state index in [2.05, 4.69) is 19.2 Å². The van der Waals surface area contributed by atoms with Crippen molar-refractivity contribution in [3.05, 3.63) is 23.1 Å². The smallest absolute Gasteiger partial charge is 0.193 e. The number of hydrogen-bond donors (Lipinski definition) is 1. The largest absolute Gasteiger partial charge is 0.448 e. The lowest BCUT2D eigenvalue weighted by Crippen LogP contribution is -2.18. The monoisotopic (exact) mass is 223 g/mol. The fraction of sp³-hybridized carbons (Fsp3) is 0.556. The van der Waals surface area contributed by atoms with Crippen molar-refractivity contribution in [3.8, 4) is 0 Å². The Morgan fingerprint density at radius 3 is 2.62 bits per heavy atom. The molecule has 1 aromatic rings. The van der Waals surface area contributed by atoms with E-state index < -0.39 is 0 Å². The number of halogens is 2. The number of nitrogens with one attached hydrogen (secondary N) is 1. The van der Waals surface area contributed by atoms with Crippen molar-refractivity contribution in [3.63, 3.8) is 0 Å². The Balaban J connectivity index is 0.00000144. The van der Waals surface area contributed by atoms with Crippen LogP contribution in [0.5, 0.6) is 0 Å². The Morgan fingerprint density at radius 1 is 1.46 bits per heavy atom. The summed E-state index contributed by atoms with van der Waals surface area (Å²) in [5, 5.41) is 3.72. The van der Waals surface area contributed by atoms with Crippen molar-refractivity contribution in [1.29, 1.82) is 0 Å². The number of furan rings is 1. The zero-order chi connectivity index (χ0) is 8.97. The molecule has 0 bridgehead atoms. The van der Waals surface area contributed by atoms with Gasteiger partial charge in [0.25, 0.3) is 0 Å². The molecule has 2 nitrogen and oxygen atoms in total. The minimum Gasteiger partial charge on any atom is -0.448 e. The van der Waals surface area contributed by atoms with Gasteiger partial charge < -0.3 is 9.73 Å². The summed E-state index contributed by atoms with van der Waals surface area (Å²) in [4.78, 5) is 0. The number of hydrogen-bond acceptors (Lipinski definition) is 2. The highest BCUT2D eigenvalue weighted by Gasteiger charge is 1.99. The van der Waals surface area contributed by atoms with Crippen LogP contribution in [0.25, 0.3) is 0 Å². The van der Waals surface area contributed by atoms with Crippen LogP contribution in [0.2, 0.25) is 5.22 Å². The van der Waals surface area contributed by atoms with Gasteiger partial charge >= 0.3 is 0 Å². The number of rotatable bonds is 4. The first-order valence-electron chi connectivity index (χ1n) is 4.13. The molecule has 1 aromatic heterocycles. The lowest BCUT2D eigenvalue weighted by Gasteiger charge is -2.04. The molecule has 1 N–H and O–H groups in total. The maximum atomic E-state index is 5.61. The summed E-state index contributed by atoms with van der Waals surface area (Å²) in [7, 11) is 0. The zero-order valence-electron chi connectivity index (χ0n) is 7.84. The molecule has 0 spiro atoms. The Kier molecular flexibility index (Phi) is 6.21. The zero-order valence-corrected chi connectivity index (χ0v) is 9.41. The highest BCUT2D eigenvalue weighted by Crippen LogP contribution is 2.12. The van der Waals surface area contributed by atoms with E-state index in [1.807, 2.05) is 6.07 Å². The second kappa shape index (κ2) is 6.30. The third-order valence-electron chi connectivity index (χ3n) is 1.48. The van der Waals surface area contributed by atoms with Gasteiger partial charge in [0.1, 0.15) is 5.76 Å². The summed E-state index contributed by atoms with van der Waals surface area (Å²) in [5.41, 5.74) is 0. The van der Waals surface area contributed by atoms with Gasteiger partial charge in [0, 0.05) is 0 Å². The van der Waals surface area contributed by atoms with Gasteiger partial charge in [-0.25, -0.2) is 0 Å². The molecule has 0 saturated carbocycles. The Bertz CT molecular complexity index is 235. The molecule has 0 unspecified atom stereocenters. The molecule has 0 aliphatic rings. The van der Waals surface area contributed by atoms with Gasteiger partial charge in [0.05, 0.1) is 6.54 Å². The molecule has 1 heterocycles. The molecule has 0 amide bonds. The Labute approximate surface area is 90.1 Å². The predicted molar refractivity (Wildman–Crippen MR) is 57.5 cm³/mol. The van der Waals surface area contributed by atoms with Gasteiger partial charge in [-0.1, -0.05) is 13.8 Å². The van der Waals surface area contributed by atoms with Crippen LogP contribution in [0.3, 0.4) is 0 Å². The average molecular weight is 224 g/mol. The van der Waals surface area contributed by atoms with Crippen molar-refractivity contribution in [2.45, 2.75) is 20.4 Å². The molecular weight excluding hydrogens is 209 g/mol. The van der Waals surface area contributed by atoms with Crippen LogP contribution in [-0.2, 0) is 6.54 Å². The lowest BCUT2D eigenvalue weighted by molar-refractivity contribution is 0.465. The molecule has 0 fully saturated rings. The van der Waals surface area contributed by atoms with Crippen LogP contribution < -0.4 is 5.32 Å². The second-order valence-electron chi connectivity index (χ2n) is 3.23. The second-order valence-corrected chi connectivity index (χ2v) is 3.60. The van der Waals surface area contributed by atoms with E-state index in [-0.39, 0.29) is 12.4 Å². The standard InChI is InChI=1S/C9H14ClNO.ClH/c1-7(2)5-11-6-8-3-4-9(10)12-8;/h3-4,7,11H,5-6H2,1-2H3;1H. The van der Waals surface area contributed by atoms with Gasteiger partial charge in [0.2, 0.25) is 0 Å². The molecule has 0 aromatic carbocycles. The van der Waals surface area contributed by atoms with Crippen LogP contribution in [0, 0.1) is 5.92 Å². The van der Waals surface area contributed by atoms with E-state index in [0.29, 0.717) is 11.1 Å². The minimum absolute atomic E-state index is 0. The fourth-order valence-electron chi connectivity index (χ4n) is 0.931. The van der Waals surface area contributed by atoms with E-state index >= 15 is 0 Å². The molecule has 76 valence electrons. The van der Waals surface area contributed by atoms with Gasteiger partial charge in [0.15, 0.2) is 5.22 Å². The highest BCUT2D eigenvalue weighted by atomic mass is 35.5. The molecule has 0 atom stereocenters. The molecular formula is C9H15Cl2NO. The summed E-state index contributed by atoms with van der Waals surface area (Å²) in [5.74, 6) is 1.55. The molecule has 4 heteroatoms. The third kappa shape index (κ3) is 5.19. The van der Waals surface area contributed by atoms with Gasteiger partial charge in [-0.05, 0) is 36.2 Å². The van der Waals surface area contributed by atoms with Gasteiger partial charge in [-0.2, -0.15) is 0 Å². The van der Waals surface area contributed by atoms with Crippen molar-refractivity contribution < 1.29 is 4.42 Å². The van der Waals surface area contributed by atoms with Crippen molar-refractivity contribution in [1.82, 2.24) is 5.32 Å². The summed E-state index contributed by atoms with van der Waals surface area (Å²) in [6.45, 7) is 6.09. The SMILES string of the molecule is CC(C)CNCc1ccc(Cl)o1.Cl. The van der Waals surface area contributed by atoms with Crippen LogP contribution >= 0.6 is 24.0 Å². The summed E-state index contributed by atoms with van der Waals surface area (Å²) < 4.78 is 5.17. The first kappa shape index (κ1) is 12.8. The van der Waals surface area contributed by atoms with Gasteiger partial charge in [-0.3, -0.25) is 0 Å². The van der Waals surface area contributed by atoms with Crippen LogP contribution in [0.4, 0.5) is 0 Å². The van der Waals surface area contributed by atoms with Crippen LogP contribution in [-0.4, -0.2) is 6.54 Å². The third-order valence-corrected chi connectivity index (χ3v) is 1.68. The predicted octanol–water partition coefficient (Wildman–Crippen LogP) is 3.10. The molecule has 1 rings (SSSR count). The fourth-order valence-corrected chi connectivity index (χ4v) is 1.09. The maximum absolute atomic E-state index is 5.61. The van der Waals surface area contributed by atoms with Crippen LogP contribution in [0.15, 0.2) is 16.5 Å². The molecule has 13 heavy (non-hydrogen) atoms. The molecule has 0 saturated heterocycles. The Hall–Kier alpha value is -0.180. The Morgan fingerprint density at radius 2 is 2.15 bits per heavy atom. The minimum atomic E-state index is 0. The topological polar surface area (TPSA) is 25.2 Å². The lowest BCUT2D eigenvalue weighted by atomic mass is 10.2. The molecule has 0 aliphatic carbocycles. The summed E-state index contributed by atoms with van der Waals surface area (Å²) >= 11 is 5.61. The van der Waals surface area contributed by atoms with E-state index in [9.17, 15) is 0 Å². The normalized spacial score (nSPS) is 10.2. The molecule has 0 aliphatic heterocycles. The van der Waals surface area contributed by atoms with E-state index in [1.165, 1.54) is 0 Å². The van der Waals surface area contributed by atoms with Crippen molar-refractivity contribution in [2.24, 2.45) is 5.92 Å². The molecule has 0 radical (unpaired) electrons. The average Bonchev–Trinajstić information content (AvgIpc) is 2.35. The quantitative estimate of drug-likeness (QED) is 0.849. The van der Waals surface area contributed by atoms with Gasteiger partial charge in [-0.15, -0.1) is 12.4 Å². The first-order chi connectivity index (χ1) is 5.68. The van der Waals surface area contributed by atoms with E-state index in [1.54, 1.807) is 6.07 Å². The summed E-state index contributed by atoms with van der Waals surface area (Å²) in [6, 6.07) is 3.64. The van der Waals surface area contributed by atoms with Crippen molar-refractivity contribution >= 4 is 24.0 Å². The van der Waals surface area contributed by atoms with Crippen molar-refractivity contribution in [2.75, 3.05) is 6.54 Å². The summed E-state index contributed by atoms with van der Waals surface area (Å²) in [6.07, 6.45) is 0.